The molecule has 1 amide bonds. The molecule has 1 aliphatic rings. The minimum atomic E-state index is 0.161. The van der Waals surface area contributed by atoms with Crippen LogP contribution in [0.4, 0.5) is 0 Å². The van der Waals surface area contributed by atoms with E-state index in [1.54, 1.807) is 12.4 Å². The second kappa shape index (κ2) is 6.91. The van der Waals surface area contributed by atoms with Crippen molar-refractivity contribution in [1.82, 2.24) is 24.3 Å². The Bertz CT molecular complexity index is 654. The van der Waals surface area contributed by atoms with Crippen LogP contribution in [0, 0.1) is 0 Å². The average Bonchev–Trinajstić information content (AvgIpc) is 3.00. The van der Waals surface area contributed by atoms with Crippen molar-refractivity contribution in [3.63, 3.8) is 0 Å². The van der Waals surface area contributed by atoms with Gasteiger partial charge < -0.3 is 9.47 Å². The number of likely N-dealkylation sites (N-methyl/N-ethyl adjacent to an activating group) is 1. The molecule has 0 N–H and O–H groups in total. The third-order valence-corrected chi connectivity index (χ3v) is 4.53. The van der Waals surface area contributed by atoms with Gasteiger partial charge in [-0.3, -0.25) is 14.7 Å². The quantitative estimate of drug-likeness (QED) is 0.853. The minimum Gasteiger partial charge on any atom is -0.339 e. The van der Waals surface area contributed by atoms with Gasteiger partial charge in [0.25, 0.3) is 0 Å². The van der Waals surface area contributed by atoms with Crippen molar-refractivity contribution < 1.29 is 4.79 Å². The SMILES string of the molecule is CN1CCN(C(=O)CCc2ccncc2)C[C@H]1c1nccn1C. The molecule has 6 nitrogen and oxygen atoms in total. The predicted octanol–water partition coefficient (Wildman–Crippen LogP) is 1.26. The summed E-state index contributed by atoms with van der Waals surface area (Å²) in [5.41, 5.74) is 1.16. The monoisotopic (exact) mass is 313 g/mol. The molecule has 6 heteroatoms. The summed E-state index contributed by atoms with van der Waals surface area (Å²) in [4.78, 5) is 25.2. The lowest BCUT2D eigenvalue weighted by Gasteiger charge is -2.39. The standard InChI is InChI=1S/C17H23N5O/c1-20-11-12-22(13-15(20)17-19-9-10-21(17)2)16(23)4-3-14-5-7-18-8-6-14/h5-10,15H,3-4,11-13H2,1-2H3/t15-/m0/s1. The van der Waals surface area contributed by atoms with Gasteiger partial charge in [-0.2, -0.15) is 0 Å². The third kappa shape index (κ3) is 3.59. The fourth-order valence-corrected chi connectivity index (χ4v) is 3.04. The number of imidazole rings is 1. The van der Waals surface area contributed by atoms with Gasteiger partial charge in [0, 0.05) is 57.9 Å². The fraction of sp³-hybridized carbons (Fsp3) is 0.471. The van der Waals surface area contributed by atoms with Crippen molar-refractivity contribution in [3.8, 4) is 0 Å². The summed E-state index contributed by atoms with van der Waals surface area (Å²) in [6, 6.07) is 4.09. The Morgan fingerprint density at radius 2 is 2.00 bits per heavy atom. The molecule has 1 saturated heterocycles. The maximum Gasteiger partial charge on any atom is 0.223 e. The van der Waals surface area contributed by atoms with Crippen LogP contribution in [0.1, 0.15) is 23.9 Å². The Morgan fingerprint density at radius 1 is 1.22 bits per heavy atom. The molecular weight excluding hydrogens is 290 g/mol. The molecule has 0 unspecified atom stereocenters. The molecule has 1 fully saturated rings. The second-order valence-electron chi connectivity index (χ2n) is 6.09. The van der Waals surface area contributed by atoms with Gasteiger partial charge in [0.2, 0.25) is 5.91 Å². The van der Waals surface area contributed by atoms with Crippen molar-refractivity contribution >= 4 is 5.91 Å². The van der Waals surface area contributed by atoms with Gasteiger partial charge in [0.1, 0.15) is 5.82 Å². The predicted molar refractivity (Wildman–Crippen MR) is 87.7 cm³/mol. The number of piperazine rings is 1. The van der Waals surface area contributed by atoms with E-state index in [0.29, 0.717) is 13.0 Å². The smallest absolute Gasteiger partial charge is 0.223 e. The molecule has 0 radical (unpaired) electrons. The van der Waals surface area contributed by atoms with E-state index in [1.807, 2.05) is 41.0 Å². The number of aryl methyl sites for hydroxylation is 2. The first-order valence-corrected chi connectivity index (χ1v) is 7.99. The maximum atomic E-state index is 12.5. The summed E-state index contributed by atoms with van der Waals surface area (Å²) < 4.78 is 2.03. The highest BCUT2D eigenvalue weighted by Crippen LogP contribution is 2.22. The van der Waals surface area contributed by atoms with Crippen molar-refractivity contribution in [3.05, 3.63) is 48.3 Å². The molecular formula is C17H23N5O. The zero-order valence-electron chi connectivity index (χ0n) is 13.7. The summed E-state index contributed by atoms with van der Waals surface area (Å²) in [6.45, 7) is 2.36. The number of nitrogens with zero attached hydrogens (tertiary/aromatic N) is 5. The Kier molecular flexibility index (Phi) is 4.71. The van der Waals surface area contributed by atoms with Crippen LogP contribution in [0.15, 0.2) is 36.9 Å². The summed E-state index contributed by atoms with van der Waals surface area (Å²) >= 11 is 0. The van der Waals surface area contributed by atoms with Crippen LogP contribution in [0.3, 0.4) is 0 Å². The topological polar surface area (TPSA) is 54.3 Å². The van der Waals surface area contributed by atoms with E-state index in [4.69, 9.17) is 0 Å². The number of amides is 1. The van der Waals surface area contributed by atoms with Crippen molar-refractivity contribution in [2.75, 3.05) is 26.7 Å². The molecule has 0 aromatic carbocycles. The zero-order chi connectivity index (χ0) is 16.2. The molecule has 23 heavy (non-hydrogen) atoms. The van der Waals surface area contributed by atoms with Gasteiger partial charge in [-0.1, -0.05) is 0 Å². The molecule has 3 heterocycles. The normalized spacial score (nSPS) is 19.0. The molecule has 3 rings (SSSR count). The van der Waals surface area contributed by atoms with Crippen LogP contribution in [0.5, 0.6) is 0 Å². The van der Waals surface area contributed by atoms with Gasteiger partial charge in [0.15, 0.2) is 0 Å². The molecule has 1 atom stereocenters. The van der Waals surface area contributed by atoms with Crippen LogP contribution in [0.25, 0.3) is 0 Å². The highest BCUT2D eigenvalue weighted by molar-refractivity contribution is 5.76. The van der Waals surface area contributed by atoms with E-state index < -0.39 is 0 Å². The lowest BCUT2D eigenvalue weighted by molar-refractivity contribution is -0.134. The highest BCUT2D eigenvalue weighted by Gasteiger charge is 2.30. The van der Waals surface area contributed by atoms with Crippen LogP contribution in [-0.4, -0.2) is 56.9 Å². The maximum absolute atomic E-state index is 12.5. The lowest BCUT2D eigenvalue weighted by atomic mass is 10.1. The van der Waals surface area contributed by atoms with Gasteiger partial charge in [-0.15, -0.1) is 0 Å². The minimum absolute atomic E-state index is 0.161. The molecule has 1 aliphatic heterocycles. The molecule has 2 aromatic heterocycles. The average molecular weight is 313 g/mol. The molecule has 2 aromatic rings. The van der Waals surface area contributed by atoms with Crippen LogP contribution in [0.2, 0.25) is 0 Å². The van der Waals surface area contributed by atoms with Crippen LogP contribution < -0.4 is 0 Å². The summed E-state index contributed by atoms with van der Waals surface area (Å²) in [7, 11) is 4.10. The molecule has 0 bridgehead atoms. The van der Waals surface area contributed by atoms with Crippen molar-refractivity contribution in [1.29, 1.82) is 0 Å². The van der Waals surface area contributed by atoms with Gasteiger partial charge in [0.05, 0.1) is 6.04 Å². The fourth-order valence-electron chi connectivity index (χ4n) is 3.04. The van der Waals surface area contributed by atoms with E-state index in [2.05, 4.69) is 21.9 Å². The molecule has 122 valence electrons. The number of hydrogen-bond acceptors (Lipinski definition) is 4. The number of hydrogen-bond donors (Lipinski definition) is 0. The zero-order valence-corrected chi connectivity index (χ0v) is 13.7. The Labute approximate surface area is 136 Å². The highest BCUT2D eigenvalue weighted by atomic mass is 16.2. The van der Waals surface area contributed by atoms with E-state index >= 15 is 0 Å². The Hall–Kier alpha value is -2.21. The largest absolute Gasteiger partial charge is 0.339 e. The van der Waals surface area contributed by atoms with Crippen LogP contribution in [-0.2, 0) is 18.3 Å². The molecule has 0 spiro atoms. The first kappa shape index (κ1) is 15.7. The van der Waals surface area contributed by atoms with Crippen molar-refractivity contribution in [2.45, 2.75) is 18.9 Å². The summed E-state index contributed by atoms with van der Waals surface area (Å²) in [6.07, 6.45) is 8.61. The molecule has 0 saturated carbocycles. The number of pyridine rings is 1. The number of carbonyl (C=O) groups is 1. The van der Waals surface area contributed by atoms with Gasteiger partial charge in [-0.25, -0.2) is 4.98 Å². The number of carbonyl (C=O) groups excluding carboxylic acids is 1. The van der Waals surface area contributed by atoms with Gasteiger partial charge in [-0.05, 0) is 31.2 Å². The van der Waals surface area contributed by atoms with Gasteiger partial charge >= 0.3 is 0 Å². The second-order valence-corrected chi connectivity index (χ2v) is 6.09. The third-order valence-electron chi connectivity index (χ3n) is 4.53. The lowest BCUT2D eigenvalue weighted by Crippen LogP contribution is -2.49. The first-order valence-electron chi connectivity index (χ1n) is 7.99. The Balaban J connectivity index is 1.62. The molecule has 0 aliphatic carbocycles. The summed E-state index contributed by atoms with van der Waals surface area (Å²) in [5, 5.41) is 0. The number of aromatic nitrogens is 3. The number of rotatable bonds is 4. The first-order chi connectivity index (χ1) is 11.1. The summed E-state index contributed by atoms with van der Waals surface area (Å²) in [5.74, 6) is 1.23. The van der Waals surface area contributed by atoms with Crippen LogP contribution >= 0.6 is 0 Å². The van der Waals surface area contributed by atoms with E-state index in [0.717, 1.165) is 30.9 Å². The Morgan fingerprint density at radius 3 is 2.70 bits per heavy atom. The van der Waals surface area contributed by atoms with E-state index in [-0.39, 0.29) is 11.9 Å². The van der Waals surface area contributed by atoms with E-state index in [9.17, 15) is 4.79 Å². The van der Waals surface area contributed by atoms with Crippen molar-refractivity contribution in [2.24, 2.45) is 7.05 Å². The van der Waals surface area contributed by atoms with E-state index in [1.165, 1.54) is 0 Å².